The Balaban J connectivity index is 1.36. The van der Waals surface area contributed by atoms with Crippen LogP contribution >= 0.6 is 141 Å². The fourth-order valence-electron chi connectivity index (χ4n) is 9.88. The van der Waals surface area contributed by atoms with Crippen LogP contribution in [0.25, 0.3) is 50.1 Å². The number of thioether (sulfide) groups is 12. The first kappa shape index (κ1) is 54.9. The van der Waals surface area contributed by atoms with Crippen LogP contribution in [0.2, 0.25) is 0 Å². The minimum absolute atomic E-state index is 1.15. The van der Waals surface area contributed by atoms with Crippen LogP contribution < -0.4 is 0 Å². The molecule has 72 heavy (non-hydrogen) atoms. The van der Waals surface area contributed by atoms with Gasteiger partial charge in [0.05, 0.1) is 12.7 Å². The average Bonchev–Trinajstić information content (AvgIpc) is 4.27. The minimum atomic E-state index is 1.15. The van der Waals surface area contributed by atoms with Gasteiger partial charge in [0, 0.05) is 62.8 Å². The summed E-state index contributed by atoms with van der Waals surface area (Å²) in [5.41, 5.74) is 21.9. The molecule has 0 saturated carbocycles. The zero-order valence-corrected chi connectivity index (χ0v) is 52.4. The SMILES string of the molecule is CCCCSc1cc2c(cc1SCCCC)-c1c(c3c(c4c1C(=C1SC=CS1)c1cc(SCCCC)c(SCCCC)cc1-4)C(=C1SC=CS1)c1cc(SCCCC)c(SCCCC)cc1-3)C2=C1SC=CS1. The molecule has 0 fully saturated rings. The quantitative estimate of drug-likeness (QED) is 0.0418. The number of fused-ring (bicyclic) bond motifs is 12. The number of unbranched alkanes of at least 4 members (excludes halogenated alkanes) is 6. The fourth-order valence-corrected chi connectivity index (χ4v) is 23.0. The van der Waals surface area contributed by atoms with E-state index in [9.17, 15) is 0 Å². The average molecular weight is 1170 g/mol. The lowest BCUT2D eigenvalue weighted by molar-refractivity contribution is 0.893. The van der Waals surface area contributed by atoms with Gasteiger partial charge in [-0.1, -0.05) is 151 Å². The van der Waals surface area contributed by atoms with Crippen LogP contribution in [0, 0.1) is 0 Å². The van der Waals surface area contributed by atoms with Gasteiger partial charge in [-0.15, -0.1) is 70.6 Å². The minimum Gasteiger partial charge on any atom is -0.125 e. The summed E-state index contributed by atoms with van der Waals surface area (Å²) in [4.78, 5) is 8.81. The second-order valence-electron chi connectivity index (χ2n) is 18.5. The van der Waals surface area contributed by atoms with Crippen molar-refractivity contribution in [2.45, 2.75) is 148 Å². The van der Waals surface area contributed by atoms with Crippen molar-refractivity contribution in [2.24, 2.45) is 0 Å². The second-order valence-corrected chi connectivity index (χ2v) is 31.6. The third kappa shape index (κ3) is 11.2. The molecule has 0 atom stereocenters. The Labute approximate surface area is 483 Å². The first-order valence-electron chi connectivity index (χ1n) is 26.3. The molecular weight excluding hydrogens is 1110 g/mol. The Morgan fingerprint density at radius 2 is 0.458 bits per heavy atom. The summed E-state index contributed by atoms with van der Waals surface area (Å²) in [6.07, 6.45) is 14.7. The second kappa shape index (κ2) is 26.4. The van der Waals surface area contributed by atoms with E-state index in [0.29, 0.717) is 0 Å². The van der Waals surface area contributed by atoms with Crippen molar-refractivity contribution < 1.29 is 0 Å². The highest BCUT2D eigenvalue weighted by Crippen LogP contribution is 2.69. The summed E-state index contributed by atoms with van der Waals surface area (Å²) in [5.74, 6) is 6.91. The monoisotopic (exact) mass is 1170 g/mol. The zero-order valence-electron chi connectivity index (χ0n) is 42.6. The normalized spacial score (nSPS) is 15.8. The van der Waals surface area contributed by atoms with E-state index in [2.05, 4.69) is 181 Å². The molecule has 12 heteroatoms. The molecule has 0 spiro atoms. The molecule has 0 unspecified atom stereocenters. The molecule has 0 amide bonds. The third-order valence-corrected chi connectivity index (χ3v) is 27.1. The van der Waals surface area contributed by atoms with Gasteiger partial charge in [-0.05, 0) is 192 Å². The van der Waals surface area contributed by atoms with Gasteiger partial charge in [-0.25, -0.2) is 0 Å². The Morgan fingerprint density at radius 1 is 0.264 bits per heavy atom. The molecule has 0 aromatic heterocycles. The number of benzene rings is 4. The maximum atomic E-state index is 2.69. The molecule has 3 aliphatic carbocycles. The molecule has 0 bridgehead atoms. The zero-order chi connectivity index (χ0) is 49.6. The predicted octanol–water partition coefficient (Wildman–Crippen LogP) is 24.0. The summed E-state index contributed by atoms with van der Waals surface area (Å²) in [6, 6.07) is 16.1. The molecule has 10 rings (SSSR count). The van der Waals surface area contributed by atoms with E-state index >= 15 is 0 Å². The Kier molecular flexibility index (Phi) is 20.2. The van der Waals surface area contributed by atoms with Crippen LogP contribution in [0.3, 0.4) is 0 Å². The molecule has 378 valence electrons. The molecule has 0 saturated heterocycles. The van der Waals surface area contributed by atoms with Gasteiger partial charge in [0.15, 0.2) is 0 Å². The fraction of sp³-hybridized carbons (Fsp3) is 0.400. The summed E-state index contributed by atoms with van der Waals surface area (Å²) in [7, 11) is 0. The molecule has 0 nitrogen and oxygen atoms in total. The summed E-state index contributed by atoms with van der Waals surface area (Å²) in [5, 5.41) is 14.0. The van der Waals surface area contributed by atoms with E-state index < -0.39 is 0 Å². The van der Waals surface area contributed by atoms with Crippen LogP contribution in [0.4, 0.5) is 0 Å². The lowest BCUT2D eigenvalue weighted by Crippen LogP contribution is -1.98. The largest absolute Gasteiger partial charge is 0.125 e. The van der Waals surface area contributed by atoms with Gasteiger partial charge in [0.1, 0.15) is 0 Å². The topological polar surface area (TPSA) is 0 Å². The molecule has 4 aromatic rings. The molecule has 0 N–H and O–H groups in total. The summed E-state index contributed by atoms with van der Waals surface area (Å²) >= 11 is 24.3. The smallest absolute Gasteiger partial charge is 0.0572 e. The van der Waals surface area contributed by atoms with Gasteiger partial charge >= 0.3 is 0 Å². The van der Waals surface area contributed by atoms with Crippen LogP contribution in [0.1, 0.15) is 152 Å². The number of hydrogen-bond donors (Lipinski definition) is 0. The van der Waals surface area contributed by atoms with Crippen LogP contribution in [0.15, 0.2) is 111 Å². The Hall–Kier alpha value is -0.480. The van der Waals surface area contributed by atoms with Crippen molar-refractivity contribution in [3.63, 3.8) is 0 Å². The first-order valence-corrected chi connectivity index (χ1v) is 37.5. The molecule has 4 aromatic carbocycles. The van der Waals surface area contributed by atoms with Crippen molar-refractivity contribution >= 4 is 158 Å². The summed E-state index contributed by atoms with van der Waals surface area (Å²) in [6.45, 7) is 14.0. The number of rotatable bonds is 24. The Bertz CT molecular complexity index is 2540. The van der Waals surface area contributed by atoms with E-state index in [0.717, 1.165) is 34.5 Å². The van der Waals surface area contributed by atoms with Crippen molar-refractivity contribution in [2.75, 3.05) is 34.5 Å². The highest BCUT2D eigenvalue weighted by molar-refractivity contribution is 8.28. The molecular formula is C60H66S12. The standard InChI is InChI=1S/C60H66S12/c1-7-13-19-61-43-31-37-40(34-46(43)64-22-16-10-4)52(58-67-25-26-68-58)55-49(37)56-51(38-32-44(62-20-14-8-2)47(65-23-17-11-5)35-41(38)53(56)59-69-27-28-70-59)57-50(55)39-33-45(63-21-15-9-3)48(66-24-18-12-6)36-42(39)54(57)60-71-29-30-72-60/h25-36H,7-24H2,1-6H3. The molecule has 0 radical (unpaired) electrons. The van der Waals surface area contributed by atoms with E-state index in [1.54, 1.807) is 0 Å². The van der Waals surface area contributed by atoms with E-state index in [-0.39, 0.29) is 0 Å². The maximum absolute atomic E-state index is 2.69. The highest BCUT2D eigenvalue weighted by atomic mass is 32.2. The van der Waals surface area contributed by atoms with Gasteiger partial charge in [-0.2, -0.15) is 0 Å². The number of hydrogen-bond acceptors (Lipinski definition) is 12. The maximum Gasteiger partial charge on any atom is 0.0572 e. The van der Waals surface area contributed by atoms with E-state index in [4.69, 9.17) is 0 Å². The molecule has 3 heterocycles. The van der Waals surface area contributed by atoms with Crippen molar-refractivity contribution in [1.29, 1.82) is 0 Å². The predicted molar refractivity (Wildman–Crippen MR) is 348 cm³/mol. The highest BCUT2D eigenvalue weighted by Gasteiger charge is 2.46. The van der Waals surface area contributed by atoms with Gasteiger partial charge in [0.2, 0.25) is 0 Å². The van der Waals surface area contributed by atoms with E-state index in [1.807, 2.05) is 70.6 Å². The summed E-state index contributed by atoms with van der Waals surface area (Å²) < 4.78 is 4.27. The van der Waals surface area contributed by atoms with Gasteiger partial charge < -0.3 is 0 Å². The lowest BCUT2D eigenvalue weighted by atomic mass is 9.84. The van der Waals surface area contributed by atoms with E-state index in [1.165, 1.54) is 203 Å². The Morgan fingerprint density at radius 3 is 0.653 bits per heavy atom. The first-order chi connectivity index (χ1) is 35.5. The molecule has 6 aliphatic rings. The van der Waals surface area contributed by atoms with Crippen LogP contribution in [0.5, 0.6) is 0 Å². The van der Waals surface area contributed by atoms with Crippen molar-refractivity contribution in [3.8, 4) is 33.4 Å². The lowest BCUT2D eigenvalue weighted by Gasteiger charge is -2.20. The van der Waals surface area contributed by atoms with Gasteiger partial charge in [0.25, 0.3) is 0 Å². The third-order valence-electron chi connectivity index (χ3n) is 13.5. The van der Waals surface area contributed by atoms with Crippen LogP contribution in [-0.2, 0) is 0 Å². The van der Waals surface area contributed by atoms with Crippen molar-refractivity contribution in [1.82, 2.24) is 0 Å². The molecule has 3 aliphatic heterocycles. The van der Waals surface area contributed by atoms with Gasteiger partial charge in [-0.3, -0.25) is 0 Å². The van der Waals surface area contributed by atoms with Crippen molar-refractivity contribution in [3.05, 3.63) is 115 Å². The van der Waals surface area contributed by atoms with Crippen LogP contribution in [-0.4, -0.2) is 34.5 Å².